The lowest BCUT2D eigenvalue weighted by atomic mass is 9.85. The molecule has 0 aliphatic carbocycles. The molecule has 0 heterocycles. The first-order valence-corrected chi connectivity index (χ1v) is 9.94. The van der Waals surface area contributed by atoms with Crippen LogP contribution in [0.25, 0.3) is 43.8 Å². The van der Waals surface area contributed by atoms with E-state index in [1.807, 2.05) is 0 Å². The highest BCUT2D eigenvalue weighted by molar-refractivity contribution is 6.21. The van der Waals surface area contributed by atoms with Crippen molar-refractivity contribution < 1.29 is 39.5 Å². The number of benzene rings is 5. The minimum absolute atomic E-state index is 0.0329. The first-order chi connectivity index (χ1) is 16.7. The summed E-state index contributed by atoms with van der Waals surface area (Å²) < 4.78 is 131. The Kier molecular flexibility index (Phi) is 5.23. The zero-order valence-corrected chi connectivity index (χ0v) is 17.1. The highest BCUT2D eigenvalue weighted by Crippen LogP contribution is 2.48. The van der Waals surface area contributed by atoms with Crippen LogP contribution in [-0.2, 0) is 0 Å². The summed E-state index contributed by atoms with van der Waals surface area (Å²) in [7, 11) is 0. The Hall–Kier alpha value is -4.01. The van der Waals surface area contributed by atoms with E-state index in [0.717, 1.165) is 6.07 Å². The van der Waals surface area contributed by atoms with Gasteiger partial charge < -0.3 is 0 Å². The fourth-order valence-corrected chi connectivity index (χ4v) is 4.28. The van der Waals surface area contributed by atoms with Gasteiger partial charge in [0.2, 0.25) is 5.82 Å². The predicted octanol–water partition coefficient (Wildman–Crippen LogP) is 8.58. The Morgan fingerprint density at radius 2 is 0.686 bits per heavy atom. The number of hydrogen-bond acceptors (Lipinski definition) is 0. The minimum Gasteiger partial charge on any atom is -0.203 e. The molecule has 0 fully saturated rings. The van der Waals surface area contributed by atoms with Crippen LogP contribution in [0.5, 0.6) is 0 Å². The number of rotatable bonds is 2. The molecular formula is C26H9F9. The summed E-state index contributed by atoms with van der Waals surface area (Å²) in [6.45, 7) is 0. The quantitative estimate of drug-likeness (QED) is 0.100. The third-order valence-electron chi connectivity index (χ3n) is 5.76. The lowest BCUT2D eigenvalue weighted by Crippen LogP contribution is -2.07. The Morgan fingerprint density at radius 1 is 0.314 bits per heavy atom. The predicted molar refractivity (Wildman–Crippen MR) is 112 cm³/mol. The van der Waals surface area contributed by atoms with Crippen LogP contribution in [0.2, 0.25) is 0 Å². The van der Waals surface area contributed by atoms with Crippen molar-refractivity contribution in [3.8, 4) is 22.3 Å². The maximum atomic E-state index is 15.3. The molecule has 0 atom stereocenters. The number of halogens is 9. The third kappa shape index (κ3) is 3.10. The van der Waals surface area contributed by atoms with Crippen LogP contribution in [0.3, 0.4) is 0 Å². The monoisotopic (exact) mass is 492 g/mol. The molecule has 35 heavy (non-hydrogen) atoms. The first kappa shape index (κ1) is 22.8. The van der Waals surface area contributed by atoms with Gasteiger partial charge in [-0.25, -0.2) is 39.5 Å². The Balaban J connectivity index is 2.18. The van der Waals surface area contributed by atoms with Crippen molar-refractivity contribution in [3.63, 3.8) is 0 Å². The molecular weight excluding hydrogens is 483 g/mol. The molecule has 176 valence electrons. The highest BCUT2D eigenvalue weighted by Gasteiger charge is 2.33. The maximum Gasteiger partial charge on any atom is 0.200 e. The van der Waals surface area contributed by atoms with E-state index >= 15 is 8.78 Å². The second-order valence-electron chi connectivity index (χ2n) is 7.61. The van der Waals surface area contributed by atoms with Crippen LogP contribution >= 0.6 is 0 Å². The van der Waals surface area contributed by atoms with E-state index in [1.54, 1.807) is 6.07 Å². The minimum atomic E-state index is -2.47. The topological polar surface area (TPSA) is 0 Å². The maximum absolute atomic E-state index is 15.3. The normalized spacial score (nSPS) is 11.6. The van der Waals surface area contributed by atoms with Gasteiger partial charge in [0.1, 0.15) is 0 Å². The van der Waals surface area contributed by atoms with Crippen LogP contribution in [0.15, 0.2) is 54.6 Å². The van der Waals surface area contributed by atoms with Crippen molar-refractivity contribution in [1.82, 2.24) is 0 Å². The lowest BCUT2D eigenvalue weighted by Gasteiger charge is -2.20. The fourth-order valence-electron chi connectivity index (χ4n) is 4.28. The molecule has 0 saturated carbocycles. The van der Waals surface area contributed by atoms with Gasteiger partial charge >= 0.3 is 0 Å². The van der Waals surface area contributed by atoms with E-state index in [2.05, 4.69) is 0 Å². The summed E-state index contributed by atoms with van der Waals surface area (Å²) >= 11 is 0. The molecule has 0 amide bonds. The summed E-state index contributed by atoms with van der Waals surface area (Å²) in [4.78, 5) is 0. The molecule has 5 rings (SSSR count). The fraction of sp³-hybridized carbons (Fsp3) is 0. The van der Waals surface area contributed by atoms with Gasteiger partial charge in [-0.2, -0.15) is 0 Å². The molecule has 0 saturated heterocycles. The molecule has 5 aromatic rings. The van der Waals surface area contributed by atoms with Crippen molar-refractivity contribution >= 4 is 21.5 Å². The Labute approximate surface area is 190 Å². The molecule has 0 bridgehead atoms. The molecule has 5 aromatic carbocycles. The molecule has 0 aromatic heterocycles. The van der Waals surface area contributed by atoms with E-state index in [1.165, 1.54) is 42.5 Å². The van der Waals surface area contributed by atoms with E-state index < -0.39 is 74.3 Å². The van der Waals surface area contributed by atoms with Crippen LogP contribution in [0.1, 0.15) is 0 Å². The summed E-state index contributed by atoms with van der Waals surface area (Å²) in [5.41, 5.74) is -2.59. The first-order valence-electron chi connectivity index (χ1n) is 9.94. The lowest BCUT2D eigenvalue weighted by molar-refractivity contribution is 0.381. The van der Waals surface area contributed by atoms with Gasteiger partial charge in [-0.15, -0.1) is 0 Å². The smallest absolute Gasteiger partial charge is 0.200 e. The van der Waals surface area contributed by atoms with Gasteiger partial charge in [0.25, 0.3) is 0 Å². The van der Waals surface area contributed by atoms with Gasteiger partial charge in [-0.05, 0) is 16.3 Å². The van der Waals surface area contributed by atoms with Crippen molar-refractivity contribution in [2.45, 2.75) is 0 Å². The van der Waals surface area contributed by atoms with E-state index in [4.69, 9.17) is 0 Å². The second-order valence-corrected chi connectivity index (χ2v) is 7.61. The van der Waals surface area contributed by atoms with Crippen LogP contribution in [0, 0.1) is 52.4 Å². The molecule has 0 aliphatic rings. The largest absolute Gasteiger partial charge is 0.203 e. The Bertz CT molecular complexity index is 1650. The Morgan fingerprint density at radius 3 is 1.20 bits per heavy atom. The molecule has 0 radical (unpaired) electrons. The standard InChI is InChI=1S/C26H9F9/c27-18-15-13(10-6-2-1-3-7-10)11-8-4-5-9-12(11)14(16(15)19(28)23(32)22(18)31)17-20(29)24(33)26(35)25(34)21(17)30/h1-9H. The number of fused-ring (bicyclic) bond motifs is 2. The van der Waals surface area contributed by atoms with Crippen molar-refractivity contribution in [1.29, 1.82) is 0 Å². The molecule has 0 N–H and O–H groups in total. The van der Waals surface area contributed by atoms with Crippen molar-refractivity contribution in [2.24, 2.45) is 0 Å². The highest BCUT2D eigenvalue weighted by atomic mass is 19.2. The van der Waals surface area contributed by atoms with Gasteiger partial charge in [0.05, 0.1) is 5.56 Å². The summed E-state index contributed by atoms with van der Waals surface area (Å²) in [5.74, 6) is -20.3. The summed E-state index contributed by atoms with van der Waals surface area (Å²) in [6, 6.07) is 12.7. The molecule has 0 nitrogen and oxygen atoms in total. The third-order valence-corrected chi connectivity index (χ3v) is 5.76. The van der Waals surface area contributed by atoms with E-state index in [-0.39, 0.29) is 21.9 Å². The molecule has 0 spiro atoms. The van der Waals surface area contributed by atoms with Crippen molar-refractivity contribution in [2.75, 3.05) is 0 Å². The second kappa shape index (κ2) is 8.04. The van der Waals surface area contributed by atoms with Crippen LogP contribution in [0.4, 0.5) is 39.5 Å². The molecule has 9 heteroatoms. The van der Waals surface area contributed by atoms with Crippen LogP contribution < -0.4 is 0 Å². The van der Waals surface area contributed by atoms with Gasteiger partial charge in [-0.3, -0.25) is 0 Å². The summed E-state index contributed by atoms with van der Waals surface area (Å²) in [6.07, 6.45) is 0. The number of hydrogen-bond donors (Lipinski definition) is 0. The molecule has 0 aliphatic heterocycles. The average molecular weight is 492 g/mol. The van der Waals surface area contributed by atoms with Crippen LogP contribution in [-0.4, -0.2) is 0 Å². The van der Waals surface area contributed by atoms with Gasteiger partial charge in [-0.1, -0.05) is 54.6 Å². The SMILES string of the molecule is Fc1c(F)c(F)c(-c2c3ccccc3c(-c3ccccc3)c3c(F)c(F)c(F)c(F)c23)c(F)c1F. The van der Waals surface area contributed by atoms with Gasteiger partial charge in [0.15, 0.2) is 46.5 Å². The summed E-state index contributed by atoms with van der Waals surface area (Å²) in [5, 5.41) is -2.42. The van der Waals surface area contributed by atoms with E-state index in [9.17, 15) is 30.7 Å². The van der Waals surface area contributed by atoms with Gasteiger partial charge in [0, 0.05) is 21.9 Å². The average Bonchev–Trinajstić information content (AvgIpc) is 2.88. The van der Waals surface area contributed by atoms with Crippen molar-refractivity contribution in [3.05, 3.63) is 107 Å². The molecule has 0 unspecified atom stereocenters. The van der Waals surface area contributed by atoms with E-state index in [0.29, 0.717) is 0 Å². The zero-order valence-electron chi connectivity index (χ0n) is 17.1. The zero-order chi connectivity index (χ0) is 25.2.